The number of carbonyl (C=O) groups excluding carboxylic acids is 1. The van der Waals surface area contributed by atoms with Crippen molar-refractivity contribution in [2.45, 2.75) is 59.7 Å². The quantitative estimate of drug-likeness (QED) is 0.736. The fourth-order valence-corrected chi connectivity index (χ4v) is 1.95. The van der Waals surface area contributed by atoms with E-state index in [0.29, 0.717) is 0 Å². The van der Waals surface area contributed by atoms with E-state index in [1.165, 1.54) is 0 Å². The van der Waals surface area contributed by atoms with Crippen molar-refractivity contribution in [2.24, 2.45) is 5.41 Å². The average Bonchev–Trinajstić information content (AvgIpc) is 2.79. The van der Waals surface area contributed by atoms with Crippen LogP contribution in [-0.2, 0) is 17.9 Å². The van der Waals surface area contributed by atoms with Crippen LogP contribution in [0.25, 0.3) is 0 Å². The van der Waals surface area contributed by atoms with Gasteiger partial charge in [-0.25, -0.2) is 9.13 Å². The third-order valence-corrected chi connectivity index (χ3v) is 3.41. The highest BCUT2D eigenvalue weighted by atomic mass is 16.3. The van der Waals surface area contributed by atoms with E-state index >= 15 is 0 Å². The number of aliphatic hydroxyl groups is 1. The normalized spacial score (nSPS) is 13.2. The molecule has 0 aromatic carbocycles. The number of nitrogens with zero attached hydrogens (tertiary/aromatic N) is 2. The van der Waals surface area contributed by atoms with Gasteiger partial charge in [0.25, 0.3) is 5.91 Å². The van der Waals surface area contributed by atoms with E-state index in [4.69, 9.17) is 0 Å². The molecule has 0 aliphatic rings. The third-order valence-electron chi connectivity index (χ3n) is 3.41. The Morgan fingerprint density at radius 1 is 1.45 bits per heavy atom. The van der Waals surface area contributed by atoms with E-state index in [1.807, 2.05) is 44.1 Å². The van der Waals surface area contributed by atoms with Crippen LogP contribution in [0.3, 0.4) is 0 Å². The van der Waals surface area contributed by atoms with Crippen molar-refractivity contribution in [3.05, 3.63) is 18.7 Å². The molecule has 20 heavy (non-hydrogen) atoms. The second kappa shape index (κ2) is 7.43. The molecule has 5 heteroatoms. The SMILES string of the molecule is CCCCn1cc[n+](CC(=O)N[C@H](CO)C(C)(C)C)c1. The van der Waals surface area contributed by atoms with Crippen molar-refractivity contribution in [3.8, 4) is 0 Å². The zero-order chi connectivity index (χ0) is 15.2. The Balaban J connectivity index is 2.51. The summed E-state index contributed by atoms with van der Waals surface area (Å²) < 4.78 is 3.95. The third kappa shape index (κ3) is 5.33. The summed E-state index contributed by atoms with van der Waals surface area (Å²) in [5, 5.41) is 12.2. The minimum atomic E-state index is -0.224. The molecular formula is C15H28N3O2+. The van der Waals surface area contributed by atoms with Crippen molar-refractivity contribution in [2.75, 3.05) is 6.61 Å². The highest BCUT2D eigenvalue weighted by Crippen LogP contribution is 2.18. The molecule has 1 aromatic heterocycles. The molecule has 0 saturated carbocycles. The highest BCUT2D eigenvalue weighted by Gasteiger charge is 2.26. The fourth-order valence-electron chi connectivity index (χ4n) is 1.95. The first kappa shape index (κ1) is 16.7. The van der Waals surface area contributed by atoms with Crippen LogP contribution in [0.4, 0.5) is 0 Å². The number of hydrogen-bond donors (Lipinski definition) is 2. The first-order valence-electron chi connectivity index (χ1n) is 7.32. The first-order valence-corrected chi connectivity index (χ1v) is 7.32. The average molecular weight is 282 g/mol. The molecule has 0 unspecified atom stereocenters. The van der Waals surface area contributed by atoms with Crippen molar-refractivity contribution < 1.29 is 14.5 Å². The Morgan fingerprint density at radius 2 is 2.15 bits per heavy atom. The Hall–Kier alpha value is -1.36. The van der Waals surface area contributed by atoms with Crippen LogP contribution < -0.4 is 9.88 Å². The van der Waals surface area contributed by atoms with Gasteiger partial charge in [0.1, 0.15) is 12.4 Å². The molecule has 5 nitrogen and oxygen atoms in total. The predicted octanol–water partition coefficient (Wildman–Crippen LogP) is 1.10. The molecule has 1 atom stereocenters. The van der Waals surface area contributed by atoms with Gasteiger partial charge < -0.3 is 10.4 Å². The minimum Gasteiger partial charge on any atom is -0.394 e. The van der Waals surface area contributed by atoms with Crippen molar-refractivity contribution in [1.82, 2.24) is 9.88 Å². The van der Waals surface area contributed by atoms with Gasteiger partial charge >= 0.3 is 0 Å². The topological polar surface area (TPSA) is 58.1 Å². The van der Waals surface area contributed by atoms with E-state index in [1.54, 1.807) is 0 Å². The van der Waals surface area contributed by atoms with Crippen LogP contribution in [0.5, 0.6) is 0 Å². The Bertz CT molecular complexity index is 421. The number of aromatic nitrogens is 2. The first-order chi connectivity index (χ1) is 9.36. The molecule has 2 N–H and O–H groups in total. The van der Waals surface area contributed by atoms with Gasteiger partial charge in [0.2, 0.25) is 6.33 Å². The molecule has 0 radical (unpaired) electrons. The molecule has 114 valence electrons. The lowest BCUT2D eigenvalue weighted by Gasteiger charge is -2.29. The molecule has 0 aliphatic heterocycles. The van der Waals surface area contributed by atoms with Gasteiger partial charge in [-0.3, -0.25) is 4.79 Å². The molecule has 0 saturated heterocycles. The van der Waals surface area contributed by atoms with Gasteiger partial charge in [-0.2, -0.15) is 0 Å². The number of unbranched alkanes of at least 4 members (excludes halogenated alkanes) is 1. The fraction of sp³-hybridized carbons (Fsp3) is 0.733. The number of aliphatic hydroxyl groups excluding tert-OH is 1. The smallest absolute Gasteiger partial charge is 0.262 e. The van der Waals surface area contributed by atoms with Gasteiger partial charge in [-0.1, -0.05) is 34.1 Å². The van der Waals surface area contributed by atoms with Crippen LogP contribution in [0, 0.1) is 5.41 Å². The summed E-state index contributed by atoms with van der Waals surface area (Å²) in [6.45, 7) is 9.38. The van der Waals surface area contributed by atoms with Crippen molar-refractivity contribution in [3.63, 3.8) is 0 Å². The van der Waals surface area contributed by atoms with Gasteiger partial charge in [0, 0.05) is 0 Å². The zero-order valence-corrected chi connectivity index (χ0v) is 13.1. The second-order valence-corrected chi connectivity index (χ2v) is 6.35. The number of nitrogens with one attached hydrogen (secondary N) is 1. The summed E-state index contributed by atoms with van der Waals surface area (Å²) in [4.78, 5) is 12.0. The van der Waals surface area contributed by atoms with E-state index in [-0.39, 0.29) is 30.5 Å². The summed E-state index contributed by atoms with van der Waals surface area (Å²) in [6.07, 6.45) is 8.12. The van der Waals surface area contributed by atoms with Crippen LogP contribution in [0.15, 0.2) is 18.7 Å². The summed E-state index contributed by atoms with van der Waals surface area (Å²) in [6, 6.07) is -0.224. The Morgan fingerprint density at radius 3 is 2.70 bits per heavy atom. The zero-order valence-electron chi connectivity index (χ0n) is 13.1. The molecule has 1 rings (SSSR count). The molecular weight excluding hydrogens is 254 g/mol. The Kier molecular flexibility index (Phi) is 6.20. The number of amides is 1. The standard InChI is InChI=1S/C15H27N3O2/c1-5-6-7-17-8-9-18(12-17)10-14(20)16-13(11-19)15(2,3)4/h8-9,12-13,19H,5-7,10-11H2,1-4H3/p+1/t13-/m1/s1. The molecule has 0 aliphatic carbocycles. The molecule has 1 amide bonds. The maximum atomic E-state index is 12.0. The van der Waals surface area contributed by atoms with Crippen LogP contribution in [0.2, 0.25) is 0 Å². The minimum absolute atomic E-state index is 0.0442. The van der Waals surface area contributed by atoms with Crippen LogP contribution in [0.1, 0.15) is 40.5 Å². The van der Waals surface area contributed by atoms with Gasteiger partial charge in [0.15, 0.2) is 6.54 Å². The van der Waals surface area contributed by atoms with Gasteiger partial charge in [-0.15, -0.1) is 0 Å². The Labute approximate surface area is 121 Å². The molecule has 1 heterocycles. The lowest BCUT2D eigenvalue weighted by Crippen LogP contribution is -2.50. The molecule has 0 spiro atoms. The van der Waals surface area contributed by atoms with E-state index in [0.717, 1.165) is 19.4 Å². The van der Waals surface area contributed by atoms with Crippen molar-refractivity contribution >= 4 is 5.91 Å². The molecule has 1 aromatic rings. The number of carbonyl (C=O) groups is 1. The van der Waals surface area contributed by atoms with Crippen LogP contribution in [-0.4, -0.2) is 28.2 Å². The lowest BCUT2D eigenvalue weighted by atomic mass is 9.87. The number of imidazole rings is 1. The highest BCUT2D eigenvalue weighted by molar-refractivity contribution is 5.74. The second-order valence-electron chi connectivity index (χ2n) is 6.35. The van der Waals surface area contributed by atoms with E-state index < -0.39 is 0 Å². The number of rotatable bonds is 7. The maximum Gasteiger partial charge on any atom is 0.262 e. The summed E-state index contributed by atoms with van der Waals surface area (Å²) in [7, 11) is 0. The van der Waals surface area contributed by atoms with E-state index in [2.05, 4.69) is 16.8 Å². The van der Waals surface area contributed by atoms with Gasteiger partial charge in [0.05, 0.1) is 19.2 Å². The number of aryl methyl sites for hydroxylation is 1. The summed E-state index contributed by atoms with van der Waals surface area (Å²) >= 11 is 0. The van der Waals surface area contributed by atoms with Crippen molar-refractivity contribution in [1.29, 1.82) is 0 Å². The van der Waals surface area contributed by atoms with Gasteiger partial charge in [-0.05, 0) is 11.8 Å². The number of hydrogen-bond acceptors (Lipinski definition) is 2. The molecule has 0 bridgehead atoms. The summed E-state index contributed by atoms with van der Waals surface area (Å²) in [5.74, 6) is -0.0720. The monoisotopic (exact) mass is 282 g/mol. The molecule has 0 fully saturated rings. The maximum absolute atomic E-state index is 12.0. The lowest BCUT2D eigenvalue weighted by molar-refractivity contribution is -0.684. The van der Waals surface area contributed by atoms with Crippen LogP contribution >= 0.6 is 0 Å². The summed E-state index contributed by atoms with van der Waals surface area (Å²) in [5.41, 5.74) is -0.151. The van der Waals surface area contributed by atoms with E-state index in [9.17, 15) is 9.90 Å². The largest absolute Gasteiger partial charge is 0.394 e. The predicted molar refractivity (Wildman–Crippen MR) is 78.0 cm³/mol.